The smallest absolute Gasteiger partial charge is 0.236 e. The first-order valence-corrected chi connectivity index (χ1v) is 10.7. The van der Waals surface area contributed by atoms with Crippen LogP contribution in [0.3, 0.4) is 0 Å². The monoisotopic (exact) mass is 411 g/mol. The third-order valence-corrected chi connectivity index (χ3v) is 5.85. The summed E-state index contributed by atoms with van der Waals surface area (Å²) in [5, 5.41) is 11.1. The Hall–Kier alpha value is -2.47. The minimum Gasteiger partial charge on any atom is -0.337 e. The van der Waals surface area contributed by atoms with Gasteiger partial charge >= 0.3 is 0 Å². The van der Waals surface area contributed by atoms with Crippen molar-refractivity contribution >= 4 is 28.4 Å². The molecule has 6 heteroatoms. The second kappa shape index (κ2) is 8.91. The van der Waals surface area contributed by atoms with Gasteiger partial charge in [-0.3, -0.25) is 4.79 Å². The number of halogens is 1. The Labute approximate surface area is 175 Å². The van der Waals surface area contributed by atoms with E-state index in [9.17, 15) is 9.18 Å². The number of carbonyl (C=O) groups is 1. The number of hydrogen-bond acceptors (Lipinski definition) is 4. The molecule has 0 radical (unpaired) electrons. The molecule has 1 unspecified atom stereocenters. The third-order valence-electron chi connectivity index (χ3n) is 4.77. The average Bonchev–Trinajstić information content (AvgIpc) is 2.68. The highest BCUT2D eigenvalue weighted by molar-refractivity contribution is 8.00. The Morgan fingerprint density at radius 3 is 2.07 bits per heavy atom. The van der Waals surface area contributed by atoms with E-state index in [0.717, 1.165) is 21.4 Å². The van der Waals surface area contributed by atoms with Gasteiger partial charge in [-0.15, -0.1) is 10.2 Å². The Kier molecular flexibility index (Phi) is 6.52. The zero-order valence-corrected chi connectivity index (χ0v) is 18.2. The number of aromatic nitrogens is 2. The summed E-state index contributed by atoms with van der Waals surface area (Å²) < 4.78 is 13.3. The maximum Gasteiger partial charge on any atom is 0.236 e. The first-order valence-electron chi connectivity index (χ1n) is 9.79. The number of benzene rings is 2. The van der Waals surface area contributed by atoms with E-state index in [0.29, 0.717) is 5.69 Å². The summed E-state index contributed by atoms with van der Waals surface area (Å²) in [5.74, 6) is -0.195. The summed E-state index contributed by atoms with van der Waals surface area (Å²) in [4.78, 5) is 14.9. The first kappa shape index (κ1) is 21.2. The van der Waals surface area contributed by atoms with E-state index in [2.05, 4.69) is 10.2 Å². The Morgan fingerprint density at radius 1 is 0.897 bits per heavy atom. The van der Waals surface area contributed by atoms with E-state index in [1.165, 1.54) is 23.9 Å². The van der Waals surface area contributed by atoms with Gasteiger partial charge in [0.2, 0.25) is 5.91 Å². The van der Waals surface area contributed by atoms with Gasteiger partial charge in [-0.2, -0.15) is 0 Å². The minimum absolute atomic E-state index is 0.0912. The van der Waals surface area contributed by atoms with Gasteiger partial charge < -0.3 is 4.90 Å². The summed E-state index contributed by atoms with van der Waals surface area (Å²) >= 11 is 1.43. The fourth-order valence-electron chi connectivity index (χ4n) is 3.52. The molecule has 1 atom stereocenters. The van der Waals surface area contributed by atoms with Crippen molar-refractivity contribution in [3.63, 3.8) is 0 Å². The largest absolute Gasteiger partial charge is 0.337 e. The van der Waals surface area contributed by atoms with Crippen molar-refractivity contribution in [2.24, 2.45) is 0 Å². The number of amides is 1. The van der Waals surface area contributed by atoms with Crippen molar-refractivity contribution in [2.45, 2.75) is 57.0 Å². The van der Waals surface area contributed by atoms with E-state index in [1.54, 1.807) is 12.1 Å². The van der Waals surface area contributed by atoms with Crippen LogP contribution in [0, 0.1) is 5.82 Å². The topological polar surface area (TPSA) is 46.1 Å². The highest BCUT2D eigenvalue weighted by Gasteiger charge is 2.27. The molecule has 1 amide bonds. The molecule has 0 aliphatic carbocycles. The summed E-state index contributed by atoms with van der Waals surface area (Å²) in [7, 11) is 0. The van der Waals surface area contributed by atoms with Crippen LogP contribution in [0.1, 0.15) is 34.6 Å². The number of nitrogens with zero attached hydrogens (tertiary/aromatic N) is 3. The molecule has 0 saturated heterocycles. The van der Waals surface area contributed by atoms with Crippen LogP contribution in [0.5, 0.6) is 0 Å². The molecule has 0 bridgehead atoms. The molecular weight excluding hydrogens is 385 g/mol. The van der Waals surface area contributed by atoms with Crippen molar-refractivity contribution in [3.8, 4) is 11.3 Å². The Bertz CT molecular complexity index is 997. The van der Waals surface area contributed by atoms with Crippen LogP contribution in [0.15, 0.2) is 53.6 Å². The molecule has 3 rings (SSSR count). The maximum absolute atomic E-state index is 13.3. The lowest BCUT2D eigenvalue weighted by molar-refractivity contribution is -0.133. The van der Waals surface area contributed by atoms with Gasteiger partial charge in [-0.1, -0.05) is 36.0 Å². The normalized spacial score (nSPS) is 12.6. The highest BCUT2D eigenvalue weighted by Crippen LogP contribution is 2.34. The van der Waals surface area contributed by atoms with Crippen molar-refractivity contribution < 1.29 is 9.18 Å². The van der Waals surface area contributed by atoms with E-state index < -0.39 is 0 Å². The molecule has 2 aromatic carbocycles. The zero-order chi connectivity index (χ0) is 21.1. The third kappa shape index (κ3) is 4.58. The fraction of sp³-hybridized carbons (Fsp3) is 0.348. The standard InChI is InChI=1S/C23H26FN3OS/c1-14(2)27(15(3)4)23(28)16(5)29-22-20-9-7-6-8-19(20)21(25-26-22)17-10-12-18(24)13-11-17/h6-16H,1-5H3. The van der Waals surface area contributed by atoms with Crippen LogP contribution in [-0.4, -0.2) is 38.3 Å². The van der Waals surface area contributed by atoms with Gasteiger partial charge in [-0.25, -0.2) is 4.39 Å². The van der Waals surface area contributed by atoms with Gasteiger partial charge in [-0.05, 0) is 58.9 Å². The van der Waals surface area contributed by atoms with Crippen LogP contribution in [0.2, 0.25) is 0 Å². The van der Waals surface area contributed by atoms with Gasteiger partial charge in [0.05, 0.1) is 5.25 Å². The number of hydrogen-bond donors (Lipinski definition) is 0. The zero-order valence-electron chi connectivity index (χ0n) is 17.4. The predicted molar refractivity (Wildman–Crippen MR) is 117 cm³/mol. The van der Waals surface area contributed by atoms with Crippen LogP contribution in [-0.2, 0) is 4.79 Å². The predicted octanol–water partition coefficient (Wildman–Crippen LogP) is 5.56. The van der Waals surface area contributed by atoms with Crippen LogP contribution in [0.25, 0.3) is 22.0 Å². The van der Waals surface area contributed by atoms with Gasteiger partial charge in [0.1, 0.15) is 16.5 Å². The summed E-state index contributed by atoms with van der Waals surface area (Å²) in [6.45, 7) is 10.0. The van der Waals surface area contributed by atoms with Crippen LogP contribution in [0.4, 0.5) is 4.39 Å². The lowest BCUT2D eigenvalue weighted by Crippen LogP contribution is -2.45. The van der Waals surface area contributed by atoms with Crippen molar-refractivity contribution in [2.75, 3.05) is 0 Å². The number of rotatable bonds is 6. The maximum atomic E-state index is 13.3. The minimum atomic E-state index is -0.287. The highest BCUT2D eigenvalue weighted by atomic mass is 32.2. The molecule has 0 N–H and O–H groups in total. The van der Waals surface area contributed by atoms with Gasteiger partial charge in [0.15, 0.2) is 0 Å². The molecule has 3 aromatic rings. The fourth-order valence-corrected chi connectivity index (χ4v) is 4.47. The molecule has 1 heterocycles. The second-order valence-electron chi connectivity index (χ2n) is 7.60. The molecule has 1 aromatic heterocycles. The molecule has 0 aliphatic heterocycles. The lowest BCUT2D eigenvalue weighted by atomic mass is 10.1. The average molecular weight is 412 g/mol. The number of fused-ring (bicyclic) bond motifs is 1. The first-order chi connectivity index (χ1) is 13.8. The van der Waals surface area contributed by atoms with Crippen molar-refractivity contribution in [1.82, 2.24) is 15.1 Å². The summed E-state index contributed by atoms with van der Waals surface area (Å²) in [6, 6.07) is 14.4. The molecule has 0 saturated carbocycles. The molecule has 0 spiro atoms. The lowest BCUT2D eigenvalue weighted by Gasteiger charge is -2.32. The Balaban J connectivity index is 1.96. The van der Waals surface area contributed by atoms with Crippen LogP contribution >= 0.6 is 11.8 Å². The van der Waals surface area contributed by atoms with Crippen molar-refractivity contribution in [1.29, 1.82) is 0 Å². The quantitative estimate of drug-likeness (QED) is 0.498. The Morgan fingerprint density at radius 2 is 1.48 bits per heavy atom. The SMILES string of the molecule is CC(Sc1nnc(-c2ccc(F)cc2)c2ccccc12)C(=O)N(C(C)C)C(C)C. The molecule has 29 heavy (non-hydrogen) atoms. The second-order valence-corrected chi connectivity index (χ2v) is 8.93. The molecule has 4 nitrogen and oxygen atoms in total. The molecule has 0 aliphatic rings. The molecular formula is C23H26FN3OS. The molecule has 152 valence electrons. The van der Waals surface area contributed by atoms with Gasteiger partial charge in [0.25, 0.3) is 0 Å². The summed E-state index contributed by atoms with van der Waals surface area (Å²) in [5.41, 5.74) is 1.51. The number of carbonyl (C=O) groups excluding carboxylic acids is 1. The van der Waals surface area contributed by atoms with Crippen LogP contribution < -0.4 is 0 Å². The van der Waals surface area contributed by atoms with E-state index in [1.807, 2.05) is 63.8 Å². The van der Waals surface area contributed by atoms with Crippen molar-refractivity contribution in [3.05, 3.63) is 54.3 Å². The molecule has 0 fully saturated rings. The van der Waals surface area contributed by atoms with E-state index >= 15 is 0 Å². The number of thioether (sulfide) groups is 1. The van der Waals surface area contributed by atoms with E-state index in [4.69, 9.17) is 0 Å². The summed E-state index contributed by atoms with van der Waals surface area (Å²) in [6.07, 6.45) is 0. The van der Waals surface area contributed by atoms with Gasteiger partial charge in [0, 0.05) is 28.4 Å². The van der Waals surface area contributed by atoms with E-state index in [-0.39, 0.29) is 29.1 Å².